The van der Waals surface area contributed by atoms with E-state index in [1.807, 2.05) is 0 Å². The molecule has 0 heterocycles. The van der Waals surface area contributed by atoms with Crippen molar-refractivity contribution in [1.29, 1.82) is 0 Å². The van der Waals surface area contributed by atoms with Crippen LogP contribution in [0.3, 0.4) is 0 Å². The van der Waals surface area contributed by atoms with Crippen LogP contribution in [0.4, 0.5) is 0 Å². The van der Waals surface area contributed by atoms with E-state index in [4.69, 9.17) is 0 Å². The summed E-state index contributed by atoms with van der Waals surface area (Å²) in [6.07, 6.45) is 7.99. The van der Waals surface area contributed by atoms with Gasteiger partial charge in [-0.1, -0.05) is 61.6 Å². The van der Waals surface area contributed by atoms with Crippen LogP contribution in [0.25, 0.3) is 0 Å². The number of rotatable bonds is 5. The molecule has 1 aromatic rings. The van der Waals surface area contributed by atoms with Crippen LogP contribution in [0.15, 0.2) is 42.0 Å². The van der Waals surface area contributed by atoms with Gasteiger partial charge in [-0.05, 0) is 31.2 Å². The maximum Gasteiger partial charge on any atom is 0.0638 e. The highest BCUT2D eigenvalue weighted by Gasteiger charge is 2.30. The average molecular weight is 291 g/mol. The monoisotopic (exact) mass is 290 g/mol. The molecule has 1 aliphatic rings. The van der Waals surface area contributed by atoms with E-state index in [0.717, 1.165) is 10.6 Å². The van der Waals surface area contributed by atoms with Gasteiger partial charge in [-0.25, -0.2) is 0 Å². The van der Waals surface area contributed by atoms with E-state index in [1.165, 1.54) is 31.2 Å². The minimum atomic E-state index is -1.13. The highest BCUT2D eigenvalue weighted by molar-refractivity contribution is 8.01. The fourth-order valence-electron chi connectivity index (χ4n) is 2.77. The first-order valence-corrected chi connectivity index (χ1v) is 12.0. The number of allylic oxidation sites excluding steroid dienone is 1. The molecule has 0 bridgehead atoms. The number of benzene rings is 1. The largest absolute Gasteiger partial charge is 0.153 e. The minimum Gasteiger partial charge on any atom is -0.153 e. The van der Waals surface area contributed by atoms with Crippen LogP contribution in [0.5, 0.6) is 0 Å². The van der Waals surface area contributed by atoms with Crippen molar-refractivity contribution in [1.82, 2.24) is 0 Å². The maximum atomic E-state index is 2.55. The third-order valence-corrected chi connectivity index (χ3v) is 9.41. The fourth-order valence-corrected chi connectivity index (χ4v) is 7.37. The first kappa shape index (κ1) is 14.9. The average Bonchev–Trinajstić information content (AvgIpc) is 2.40. The van der Waals surface area contributed by atoms with Crippen LogP contribution in [0.1, 0.15) is 31.2 Å². The zero-order valence-corrected chi connectivity index (χ0v) is 14.3. The Morgan fingerprint density at radius 3 is 2.42 bits per heavy atom. The van der Waals surface area contributed by atoms with Crippen molar-refractivity contribution in [2.75, 3.05) is 0 Å². The van der Waals surface area contributed by atoms with Crippen molar-refractivity contribution in [2.24, 2.45) is 0 Å². The molecule has 0 saturated heterocycles. The summed E-state index contributed by atoms with van der Waals surface area (Å²) in [6, 6.07) is 10.9. The molecule has 1 aliphatic carbocycles. The Balaban J connectivity index is 2.04. The quantitative estimate of drug-likeness (QED) is 0.497. The van der Waals surface area contributed by atoms with E-state index >= 15 is 0 Å². The molecule has 0 spiro atoms. The third-order valence-electron chi connectivity index (χ3n) is 3.71. The van der Waals surface area contributed by atoms with Crippen molar-refractivity contribution in [3.63, 3.8) is 0 Å². The Hall–Kier alpha value is -0.473. The molecular formula is C17H26SSi. The van der Waals surface area contributed by atoms with E-state index in [1.54, 1.807) is 5.57 Å². The first-order valence-electron chi connectivity index (χ1n) is 7.42. The summed E-state index contributed by atoms with van der Waals surface area (Å²) in [5, 5.41) is 0. The zero-order valence-electron chi connectivity index (χ0n) is 12.5. The van der Waals surface area contributed by atoms with Gasteiger partial charge < -0.3 is 0 Å². The maximum absolute atomic E-state index is 2.55. The summed E-state index contributed by atoms with van der Waals surface area (Å²) in [5.41, 5.74) is 3.22. The first-order chi connectivity index (χ1) is 9.07. The second kappa shape index (κ2) is 6.80. The molecule has 19 heavy (non-hydrogen) atoms. The molecule has 2 rings (SSSR count). The predicted octanol–water partition coefficient (Wildman–Crippen LogP) is 5.67. The molecule has 104 valence electrons. The lowest BCUT2D eigenvalue weighted by Crippen LogP contribution is -2.37. The van der Waals surface area contributed by atoms with E-state index in [2.05, 4.69) is 67.8 Å². The van der Waals surface area contributed by atoms with Crippen LogP contribution >= 0.6 is 11.8 Å². The molecule has 1 atom stereocenters. The van der Waals surface area contributed by atoms with Gasteiger partial charge in [-0.15, -0.1) is 0 Å². The number of hydrogen-bond donors (Lipinski definition) is 0. The lowest BCUT2D eigenvalue weighted by molar-refractivity contribution is 0.696. The van der Waals surface area contributed by atoms with Crippen molar-refractivity contribution in [3.05, 3.63) is 47.5 Å². The van der Waals surface area contributed by atoms with Gasteiger partial charge in [0.1, 0.15) is 0 Å². The molecule has 2 heteroatoms. The Kier molecular flexibility index (Phi) is 5.34. The van der Waals surface area contributed by atoms with E-state index < -0.39 is 8.07 Å². The van der Waals surface area contributed by atoms with Crippen molar-refractivity contribution in [2.45, 2.75) is 56.0 Å². The molecule has 0 aliphatic heterocycles. The summed E-state index contributed by atoms with van der Waals surface area (Å²) < 4.78 is 0. The molecular weight excluding hydrogens is 264 g/mol. The molecule has 0 N–H and O–H groups in total. The third kappa shape index (κ3) is 4.53. The lowest BCUT2D eigenvalue weighted by Gasteiger charge is -2.32. The highest BCUT2D eigenvalue weighted by atomic mass is 32.2. The Morgan fingerprint density at radius 1 is 1.11 bits per heavy atom. The zero-order chi connectivity index (χ0) is 13.7. The van der Waals surface area contributed by atoms with E-state index in [0.29, 0.717) is 0 Å². The van der Waals surface area contributed by atoms with Gasteiger partial charge >= 0.3 is 0 Å². The van der Waals surface area contributed by atoms with Gasteiger partial charge in [0, 0.05) is 10.6 Å². The lowest BCUT2D eigenvalue weighted by atomic mass is 10.0. The summed E-state index contributed by atoms with van der Waals surface area (Å²) in [4.78, 5) is 0.799. The molecule has 0 saturated carbocycles. The second-order valence-corrected chi connectivity index (χ2v) is 13.4. The van der Waals surface area contributed by atoms with Crippen LogP contribution in [0.2, 0.25) is 19.6 Å². The van der Waals surface area contributed by atoms with Crippen molar-refractivity contribution >= 4 is 19.8 Å². The second-order valence-electron chi connectivity index (χ2n) is 6.57. The summed E-state index contributed by atoms with van der Waals surface area (Å²) in [5.74, 6) is 1.16. The van der Waals surface area contributed by atoms with E-state index in [9.17, 15) is 0 Å². The molecule has 1 aromatic carbocycles. The Morgan fingerprint density at radius 2 is 1.84 bits per heavy atom. The highest BCUT2D eigenvalue weighted by Crippen LogP contribution is 2.35. The van der Waals surface area contributed by atoms with Crippen LogP contribution < -0.4 is 0 Å². The van der Waals surface area contributed by atoms with Crippen LogP contribution in [0, 0.1) is 0 Å². The Bertz CT molecular complexity index is 417. The molecule has 1 unspecified atom stereocenters. The molecule has 0 nitrogen and oxygen atoms in total. The summed E-state index contributed by atoms with van der Waals surface area (Å²) in [7, 11) is -1.13. The fraction of sp³-hybridized carbons (Fsp3) is 0.529. The van der Waals surface area contributed by atoms with Gasteiger partial charge in [0.25, 0.3) is 0 Å². The molecule has 0 aromatic heterocycles. The van der Waals surface area contributed by atoms with Crippen LogP contribution in [-0.2, 0) is 5.75 Å². The molecule has 0 radical (unpaired) electrons. The number of hydrogen-bond acceptors (Lipinski definition) is 1. The van der Waals surface area contributed by atoms with Crippen LogP contribution in [-0.4, -0.2) is 12.9 Å². The number of thioether (sulfide) groups is 1. The van der Waals surface area contributed by atoms with Gasteiger partial charge in [0.15, 0.2) is 0 Å². The van der Waals surface area contributed by atoms with Gasteiger partial charge in [0.05, 0.1) is 8.07 Å². The SMILES string of the molecule is C[Si](C)(C)C(SCc1ccccc1)C1=CCCCC1. The summed E-state index contributed by atoms with van der Waals surface area (Å²) >= 11 is 2.18. The molecule has 0 fully saturated rings. The van der Waals surface area contributed by atoms with Gasteiger partial charge in [0.2, 0.25) is 0 Å². The van der Waals surface area contributed by atoms with Crippen molar-refractivity contribution in [3.8, 4) is 0 Å². The van der Waals surface area contributed by atoms with Crippen molar-refractivity contribution < 1.29 is 0 Å². The Labute approximate surface area is 123 Å². The smallest absolute Gasteiger partial charge is 0.0638 e. The van der Waals surface area contributed by atoms with Gasteiger partial charge in [-0.3, -0.25) is 0 Å². The van der Waals surface area contributed by atoms with Gasteiger partial charge in [-0.2, -0.15) is 11.8 Å². The normalized spacial score (nSPS) is 17.9. The molecule has 0 amide bonds. The predicted molar refractivity (Wildman–Crippen MR) is 91.4 cm³/mol. The minimum absolute atomic E-state index is 0.799. The topological polar surface area (TPSA) is 0 Å². The summed E-state index contributed by atoms with van der Waals surface area (Å²) in [6.45, 7) is 7.56. The standard InChI is InChI=1S/C17H26SSi/c1-19(2,3)17(16-12-8-5-9-13-16)18-14-15-10-6-4-7-11-15/h4,6-7,10-12,17H,5,8-9,13-14H2,1-3H3. The van der Waals surface area contributed by atoms with E-state index in [-0.39, 0.29) is 0 Å².